The number of piperidine rings is 1. The van der Waals surface area contributed by atoms with Crippen LogP contribution in [0, 0.1) is 17.8 Å². The van der Waals surface area contributed by atoms with Gasteiger partial charge in [0.1, 0.15) is 23.9 Å². The Morgan fingerprint density at radius 1 is 0.778 bits per heavy atom. The molecule has 328 valence electrons. The Bertz CT molecular complexity index is 2490. The number of aromatic nitrogens is 1. The van der Waals surface area contributed by atoms with Gasteiger partial charge in [0.15, 0.2) is 23.1 Å². The summed E-state index contributed by atoms with van der Waals surface area (Å²) in [4.78, 5) is 57.1. The van der Waals surface area contributed by atoms with Crippen LogP contribution >= 0.6 is 0 Å². The lowest BCUT2D eigenvalue weighted by Crippen LogP contribution is -2.58. The molecule has 13 heteroatoms. The van der Waals surface area contributed by atoms with Crippen molar-refractivity contribution < 1.29 is 52.3 Å². The van der Waals surface area contributed by atoms with Crippen LogP contribution in [0.1, 0.15) is 67.9 Å². The SMILES string of the molecule is COC(=O)[C@H]1[C@H]2C[C@@H]3c4[nH]c5cc(OC)ccc5c4CCN3C[C@H]2C[C@@H](OC(=O)/C=C/c2cc(OC)c(OC)c(OC)c2)[C@@H]1OC.O=C1c2ccccc2C(=O)C1c1ccccc1. The van der Waals surface area contributed by atoms with E-state index >= 15 is 0 Å². The summed E-state index contributed by atoms with van der Waals surface area (Å²) in [7, 11) is 9.24. The van der Waals surface area contributed by atoms with Crippen molar-refractivity contribution in [2.24, 2.45) is 17.8 Å². The van der Waals surface area contributed by atoms with Crippen LogP contribution in [0.5, 0.6) is 23.0 Å². The predicted octanol–water partition coefficient (Wildman–Crippen LogP) is 7.42. The first-order chi connectivity index (χ1) is 30.6. The summed E-state index contributed by atoms with van der Waals surface area (Å²) in [5.74, 6) is 0.0559. The van der Waals surface area contributed by atoms with Gasteiger partial charge in [-0.3, -0.25) is 19.3 Å². The van der Waals surface area contributed by atoms with Gasteiger partial charge in [-0.25, -0.2) is 4.79 Å². The molecule has 0 bridgehead atoms. The number of fused-ring (bicyclic) bond motifs is 7. The van der Waals surface area contributed by atoms with E-state index in [-0.39, 0.29) is 35.4 Å². The largest absolute Gasteiger partial charge is 0.497 e. The zero-order valence-electron chi connectivity index (χ0n) is 36.3. The number of ketones is 2. The molecule has 0 radical (unpaired) electrons. The Labute approximate surface area is 366 Å². The smallest absolute Gasteiger partial charge is 0.331 e. The molecule has 1 saturated carbocycles. The van der Waals surface area contributed by atoms with Gasteiger partial charge in [-0.15, -0.1) is 0 Å². The zero-order chi connectivity index (χ0) is 44.4. The second-order valence-electron chi connectivity index (χ2n) is 16.2. The van der Waals surface area contributed by atoms with Crippen molar-refractivity contribution in [3.05, 3.63) is 125 Å². The molecular weight excluding hydrogens is 805 g/mol. The van der Waals surface area contributed by atoms with Crippen molar-refractivity contribution in [3.8, 4) is 23.0 Å². The van der Waals surface area contributed by atoms with Crippen molar-refractivity contribution in [1.82, 2.24) is 9.88 Å². The molecule has 4 aliphatic rings. The van der Waals surface area contributed by atoms with E-state index in [4.69, 9.17) is 33.2 Å². The number of carbonyl (C=O) groups excluding carboxylic acids is 4. The molecule has 6 atom stereocenters. The van der Waals surface area contributed by atoms with Crippen molar-refractivity contribution in [1.29, 1.82) is 0 Å². The van der Waals surface area contributed by atoms with Crippen LogP contribution in [0.2, 0.25) is 0 Å². The second kappa shape index (κ2) is 18.5. The highest BCUT2D eigenvalue weighted by atomic mass is 16.6. The lowest BCUT2D eigenvalue weighted by molar-refractivity contribution is -0.187. The molecule has 0 amide bonds. The molecule has 2 aliphatic carbocycles. The minimum Gasteiger partial charge on any atom is -0.497 e. The third kappa shape index (κ3) is 8.18. The van der Waals surface area contributed by atoms with Crippen LogP contribution in [0.15, 0.2) is 91.0 Å². The lowest BCUT2D eigenvalue weighted by atomic mass is 9.63. The number of Topliss-reactive ketones (excluding diaryl/α,β-unsaturated/α-hetero) is 2. The summed E-state index contributed by atoms with van der Waals surface area (Å²) in [6, 6.07) is 26.0. The Balaban J connectivity index is 0.000000265. The first-order valence-corrected chi connectivity index (χ1v) is 21.1. The third-order valence-electron chi connectivity index (χ3n) is 13.1. The highest BCUT2D eigenvalue weighted by Crippen LogP contribution is 2.51. The molecule has 4 aromatic carbocycles. The summed E-state index contributed by atoms with van der Waals surface area (Å²) in [6.45, 7) is 1.70. The van der Waals surface area contributed by atoms with Crippen LogP contribution in [0.3, 0.4) is 0 Å². The van der Waals surface area contributed by atoms with Gasteiger partial charge in [-0.2, -0.15) is 0 Å². The van der Waals surface area contributed by atoms with Gasteiger partial charge in [-0.05, 0) is 78.1 Å². The number of benzene rings is 4. The quantitative estimate of drug-likeness (QED) is 0.0846. The number of rotatable bonds is 10. The van der Waals surface area contributed by atoms with E-state index in [1.54, 1.807) is 56.7 Å². The summed E-state index contributed by atoms with van der Waals surface area (Å²) in [5.41, 5.74) is 6.14. The maximum absolute atomic E-state index is 13.4. The van der Waals surface area contributed by atoms with Crippen LogP contribution < -0.4 is 18.9 Å². The third-order valence-corrected chi connectivity index (χ3v) is 13.1. The molecule has 63 heavy (non-hydrogen) atoms. The monoisotopic (exact) mass is 856 g/mol. The van der Waals surface area contributed by atoms with Gasteiger partial charge < -0.3 is 38.1 Å². The van der Waals surface area contributed by atoms with Crippen LogP contribution in [-0.4, -0.2) is 101 Å². The fourth-order valence-corrected chi connectivity index (χ4v) is 10.2. The molecule has 1 aromatic heterocycles. The maximum Gasteiger partial charge on any atom is 0.331 e. The standard InChI is InChI=1S/C35H42N2O9.C15H10O2/c1-40-21-8-9-22-23-11-12-37-18-20-15-29(46-30(38)10-7-19-13-27(41-2)33(43-4)28(14-19)42-3)34(44-5)31(35(39)45-6)24(20)17-26(37)32(23)36-25(22)16-21;16-14-11-8-4-5-9-12(11)15(17)13(14)10-6-2-1-3-7-10/h7-10,13-14,16,20,24,26,29,31,34,36H,11-12,15,17-18H2,1-6H3;1-9,13H/b10-7+;/t20-,24+,26-,29-,31+,34+;/m1./s1. The van der Waals surface area contributed by atoms with Crippen molar-refractivity contribution in [2.75, 3.05) is 55.7 Å². The van der Waals surface area contributed by atoms with E-state index in [9.17, 15) is 19.2 Å². The molecule has 0 spiro atoms. The number of methoxy groups -OCH3 is 6. The van der Waals surface area contributed by atoms with Crippen molar-refractivity contribution in [3.63, 3.8) is 0 Å². The normalized spacial score (nSPS) is 22.8. The molecule has 13 nitrogen and oxygen atoms in total. The molecule has 2 aliphatic heterocycles. The van der Waals surface area contributed by atoms with E-state index in [2.05, 4.69) is 16.0 Å². The molecular formula is C50H52N2O11. The topological polar surface area (TPSA) is 152 Å². The number of ether oxygens (including phenoxy) is 7. The fourth-order valence-electron chi connectivity index (χ4n) is 10.2. The summed E-state index contributed by atoms with van der Waals surface area (Å²) >= 11 is 0. The number of hydrogen-bond acceptors (Lipinski definition) is 12. The summed E-state index contributed by atoms with van der Waals surface area (Å²) in [6.07, 6.45) is 4.01. The summed E-state index contributed by atoms with van der Waals surface area (Å²) in [5, 5.41) is 1.21. The molecule has 1 N–H and O–H groups in total. The number of hydrogen-bond donors (Lipinski definition) is 1. The van der Waals surface area contributed by atoms with Gasteiger partial charge in [-0.1, -0.05) is 54.6 Å². The number of aromatic amines is 1. The molecule has 9 rings (SSSR count). The van der Waals surface area contributed by atoms with E-state index in [1.807, 2.05) is 42.5 Å². The van der Waals surface area contributed by atoms with Crippen LogP contribution in [0.4, 0.5) is 0 Å². The first kappa shape index (κ1) is 43.2. The van der Waals surface area contributed by atoms with E-state index < -0.39 is 30.0 Å². The molecule has 5 aromatic rings. The average Bonchev–Trinajstić information content (AvgIpc) is 3.82. The number of nitrogens with zero attached hydrogens (tertiary/aromatic N) is 1. The molecule has 2 fully saturated rings. The van der Waals surface area contributed by atoms with Crippen molar-refractivity contribution in [2.45, 2.75) is 43.4 Å². The van der Waals surface area contributed by atoms with Gasteiger partial charge >= 0.3 is 11.9 Å². The predicted molar refractivity (Wildman–Crippen MR) is 235 cm³/mol. The first-order valence-electron chi connectivity index (χ1n) is 21.1. The molecule has 3 heterocycles. The molecule has 1 saturated heterocycles. The summed E-state index contributed by atoms with van der Waals surface area (Å²) < 4.78 is 39.0. The van der Waals surface area contributed by atoms with Gasteiger partial charge in [0.05, 0.1) is 47.5 Å². The van der Waals surface area contributed by atoms with Crippen LogP contribution in [0.25, 0.3) is 17.0 Å². The number of nitrogens with one attached hydrogen (secondary N) is 1. The Kier molecular flexibility index (Phi) is 12.7. The fraction of sp³-hybridized carbons (Fsp3) is 0.360. The number of esters is 2. The van der Waals surface area contributed by atoms with Gasteiger partial charge in [0, 0.05) is 60.1 Å². The number of carbonyl (C=O) groups is 4. The average molecular weight is 857 g/mol. The minimum absolute atomic E-state index is 0.00438. The molecule has 0 unspecified atom stereocenters. The van der Waals surface area contributed by atoms with Gasteiger partial charge in [0.25, 0.3) is 0 Å². The highest BCUT2D eigenvalue weighted by Gasteiger charge is 2.54. The Morgan fingerprint density at radius 2 is 1.46 bits per heavy atom. The lowest BCUT2D eigenvalue weighted by Gasteiger charge is -2.52. The van der Waals surface area contributed by atoms with E-state index in [0.717, 1.165) is 42.8 Å². The Hall–Kier alpha value is -6.44. The Morgan fingerprint density at radius 3 is 2.08 bits per heavy atom. The maximum atomic E-state index is 13.4. The van der Waals surface area contributed by atoms with Crippen molar-refractivity contribution >= 4 is 40.5 Å². The number of H-pyrrole nitrogens is 1. The van der Waals surface area contributed by atoms with E-state index in [0.29, 0.717) is 40.4 Å². The van der Waals surface area contributed by atoms with Crippen LogP contribution in [-0.2, 0) is 30.2 Å². The highest BCUT2D eigenvalue weighted by molar-refractivity contribution is 6.29. The second-order valence-corrected chi connectivity index (χ2v) is 16.2. The van der Waals surface area contributed by atoms with Gasteiger partial charge in [0.2, 0.25) is 5.75 Å². The van der Waals surface area contributed by atoms with E-state index in [1.165, 1.54) is 51.2 Å². The zero-order valence-corrected chi connectivity index (χ0v) is 36.3. The minimum atomic E-state index is -0.645.